The molecule has 0 amide bonds. The van der Waals surface area contributed by atoms with E-state index in [1.165, 1.54) is 12.8 Å². The molecule has 2 nitrogen and oxygen atoms in total. The zero-order chi connectivity index (χ0) is 12.4. The maximum Gasteiger partial charge on any atom is 0.145 e. The Kier molecular flexibility index (Phi) is 4.21. The van der Waals surface area contributed by atoms with Gasteiger partial charge in [-0.2, -0.15) is 0 Å². The number of ether oxygens (including phenoxy) is 2. The topological polar surface area (TPSA) is 18.5 Å². The molecule has 0 spiro atoms. The highest BCUT2D eigenvalue weighted by molar-refractivity contribution is 9.09. The summed E-state index contributed by atoms with van der Waals surface area (Å²) in [6.45, 7) is 0. The van der Waals surface area contributed by atoms with Crippen molar-refractivity contribution in [1.82, 2.24) is 0 Å². The van der Waals surface area contributed by atoms with Crippen LogP contribution in [0.5, 0.6) is 11.5 Å². The van der Waals surface area contributed by atoms with Gasteiger partial charge < -0.3 is 9.47 Å². The van der Waals surface area contributed by atoms with Crippen molar-refractivity contribution in [1.29, 1.82) is 0 Å². The molecule has 1 fully saturated rings. The first-order chi connectivity index (χ1) is 8.17. The molecule has 1 aliphatic rings. The van der Waals surface area contributed by atoms with Crippen LogP contribution in [0.3, 0.4) is 0 Å². The summed E-state index contributed by atoms with van der Waals surface area (Å²) in [6.07, 6.45) is 3.82. The van der Waals surface area contributed by atoms with Gasteiger partial charge in [0.2, 0.25) is 0 Å². The fraction of sp³-hybridized carbons (Fsp3) is 0.538. The van der Waals surface area contributed by atoms with Gasteiger partial charge in [-0.1, -0.05) is 46.4 Å². The highest BCUT2D eigenvalue weighted by Gasteiger charge is 2.27. The molecule has 1 unspecified atom stereocenters. The van der Waals surface area contributed by atoms with Gasteiger partial charge in [0.15, 0.2) is 0 Å². The van der Waals surface area contributed by atoms with Crippen LogP contribution in [0, 0.1) is 5.92 Å². The Bertz CT molecular complexity index is 405. The standard InChI is InChI=1S/C13H16BrClO2/c1-16-11-6-5-9(13(17-2)12(11)15)10(14)7-8-3-4-8/h5-6,8,10H,3-4,7H2,1-2H3. The average molecular weight is 320 g/mol. The molecule has 0 aliphatic heterocycles. The van der Waals surface area contributed by atoms with Crippen molar-refractivity contribution < 1.29 is 9.47 Å². The van der Waals surface area contributed by atoms with Crippen LogP contribution in [-0.4, -0.2) is 14.2 Å². The van der Waals surface area contributed by atoms with Crippen molar-refractivity contribution >= 4 is 27.5 Å². The lowest BCUT2D eigenvalue weighted by Gasteiger charge is -2.17. The highest BCUT2D eigenvalue weighted by Crippen LogP contribution is 2.47. The van der Waals surface area contributed by atoms with Gasteiger partial charge in [-0.15, -0.1) is 0 Å². The molecule has 0 radical (unpaired) electrons. The van der Waals surface area contributed by atoms with Crippen LogP contribution in [0.25, 0.3) is 0 Å². The van der Waals surface area contributed by atoms with Crippen LogP contribution in [0.1, 0.15) is 29.7 Å². The van der Waals surface area contributed by atoms with Crippen molar-refractivity contribution in [2.75, 3.05) is 14.2 Å². The molecule has 0 bridgehead atoms. The molecule has 17 heavy (non-hydrogen) atoms. The van der Waals surface area contributed by atoms with Crippen LogP contribution >= 0.6 is 27.5 Å². The number of benzene rings is 1. The van der Waals surface area contributed by atoms with Gasteiger partial charge in [0.25, 0.3) is 0 Å². The summed E-state index contributed by atoms with van der Waals surface area (Å²) in [5, 5.41) is 0.549. The van der Waals surface area contributed by atoms with Gasteiger partial charge >= 0.3 is 0 Å². The number of methoxy groups -OCH3 is 2. The van der Waals surface area contributed by atoms with E-state index in [2.05, 4.69) is 15.9 Å². The van der Waals surface area contributed by atoms with E-state index in [0.717, 1.165) is 17.9 Å². The van der Waals surface area contributed by atoms with E-state index < -0.39 is 0 Å². The summed E-state index contributed by atoms with van der Waals surface area (Å²) >= 11 is 9.96. The van der Waals surface area contributed by atoms with Crippen LogP contribution in [0.15, 0.2) is 12.1 Å². The highest BCUT2D eigenvalue weighted by atomic mass is 79.9. The largest absolute Gasteiger partial charge is 0.495 e. The lowest BCUT2D eigenvalue weighted by molar-refractivity contribution is 0.391. The second-order valence-electron chi connectivity index (χ2n) is 4.35. The third-order valence-corrected chi connectivity index (χ3v) is 4.32. The minimum absolute atomic E-state index is 0.299. The monoisotopic (exact) mass is 318 g/mol. The van der Waals surface area contributed by atoms with Gasteiger partial charge in [-0.3, -0.25) is 0 Å². The average Bonchev–Trinajstić information content (AvgIpc) is 3.12. The first-order valence-electron chi connectivity index (χ1n) is 5.71. The van der Waals surface area contributed by atoms with Crippen molar-refractivity contribution in [3.05, 3.63) is 22.7 Å². The van der Waals surface area contributed by atoms with Crippen molar-refractivity contribution in [3.63, 3.8) is 0 Å². The molecule has 4 heteroatoms. The molecule has 2 rings (SSSR count). The normalized spacial score (nSPS) is 16.7. The molecule has 1 aromatic carbocycles. The first-order valence-corrected chi connectivity index (χ1v) is 7.01. The number of alkyl halides is 1. The first kappa shape index (κ1) is 13.0. The van der Waals surface area contributed by atoms with Gasteiger partial charge in [-0.25, -0.2) is 0 Å². The van der Waals surface area contributed by atoms with E-state index in [-0.39, 0.29) is 0 Å². The number of rotatable bonds is 5. The predicted molar refractivity (Wildman–Crippen MR) is 73.6 cm³/mol. The Morgan fingerprint density at radius 3 is 2.59 bits per heavy atom. The fourth-order valence-corrected chi connectivity index (χ4v) is 3.15. The zero-order valence-corrected chi connectivity index (χ0v) is 12.3. The summed E-state index contributed by atoms with van der Waals surface area (Å²) in [6, 6.07) is 3.91. The minimum Gasteiger partial charge on any atom is -0.495 e. The molecular formula is C13H16BrClO2. The molecule has 1 saturated carbocycles. The van der Waals surface area contributed by atoms with E-state index in [0.29, 0.717) is 21.3 Å². The second-order valence-corrected chi connectivity index (χ2v) is 5.83. The molecule has 1 aromatic rings. The SMILES string of the molecule is COc1ccc(C(Br)CC2CC2)c(OC)c1Cl. The Morgan fingerprint density at radius 1 is 1.35 bits per heavy atom. The number of hydrogen-bond donors (Lipinski definition) is 0. The van der Waals surface area contributed by atoms with Gasteiger partial charge in [0, 0.05) is 10.4 Å². The third kappa shape index (κ3) is 2.89. The van der Waals surface area contributed by atoms with Crippen LogP contribution < -0.4 is 9.47 Å². The van der Waals surface area contributed by atoms with Crippen LogP contribution in [0.4, 0.5) is 0 Å². The summed E-state index contributed by atoms with van der Waals surface area (Å²) in [5.74, 6) is 2.22. The van der Waals surface area contributed by atoms with Gasteiger partial charge in [-0.05, 0) is 18.4 Å². The van der Waals surface area contributed by atoms with E-state index in [4.69, 9.17) is 21.1 Å². The predicted octanol–water partition coefficient (Wildman–Crippen LogP) is 4.59. The molecule has 0 saturated heterocycles. The molecular weight excluding hydrogens is 303 g/mol. The molecule has 0 aromatic heterocycles. The van der Waals surface area contributed by atoms with Crippen molar-refractivity contribution in [2.24, 2.45) is 5.92 Å². The Balaban J connectivity index is 2.28. The maximum atomic E-state index is 6.24. The molecule has 0 heterocycles. The zero-order valence-electron chi connectivity index (χ0n) is 10.0. The Labute approximate surface area is 115 Å². The quantitative estimate of drug-likeness (QED) is 0.739. The second kappa shape index (κ2) is 5.49. The molecule has 1 aliphatic carbocycles. The van der Waals surface area contributed by atoms with Crippen LogP contribution in [-0.2, 0) is 0 Å². The number of halogens is 2. The van der Waals surface area contributed by atoms with E-state index in [1.807, 2.05) is 12.1 Å². The maximum absolute atomic E-state index is 6.24. The summed E-state index contributed by atoms with van der Waals surface area (Å²) < 4.78 is 10.6. The summed E-state index contributed by atoms with van der Waals surface area (Å²) in [7, 11) is 3.25. The molecule has 0 N–H and O–H groups in total. The van der Waals surface area contributed by atoms with E-state index >= 15 is 0 Å². The molecule has 1 atom stereocenters. The lowest BCUT2D eigenvalue weighted by Crippen LogP contribution is -1.98. The summed E-state index contributed by atoms with van der Waals surface area (Å²) in [5.41, 5.74) is 1.10. The van der Waals surface area contributed by atoms with Crippen molar-refractivity contribution in [2.45, 2.75) is 24.1 Å². The minimum atomic E-state index is 0.299. The van der Waals surface area contributed by atoms with E-state index in [9.17, 15) is 0 Å². The Morgan fingerprint density at radius 2 is 2.06 bits per heavy atom. The fourth-order valence-electron chi connectivity index (χ4n) is 1.94. The third-order valence-electron chi connectivity index (χ3n) is 3.09. The lowest BCUT2D eigenvalue weighted by atomic mass is 10.1. The van der Waals surface area contributed by atoms with Crippen LogP contribution in [0.2, 0.25) is 5.02 Å². The Hall–Kier alpha value is -0.410. The molecule has 94 valence electrons. The summed E-state index contributed by atoms with van der Waals surface area (Å²) in [4.78, 5) is 0.299. The smallest absolute Gasteiger partial charge is 0.145 e. The van der Waals surface area contributed by atoms with Gasteiger partial charge in [0.1, 0.15) is 16.5 Å². The van der Waals surface area contributed by atoms with Crippen molar-refractivity contribution in [3.8, 4) is 11.5 Å². The number of hydrogen-bond acceptors (Lipinski definition) is 2. The van der Waals surface area contributed by atoms with Gasteiger partial charge in [0.05, 0.1) is 14.2 Å². The van der Waals surface area contributed by atoms with E-state index in [1.54, 1.807) is 14.2 Å².